The van der Waals surface area contributed by atoms with Crippen molar-refractivity contribution >= 4 is 34.0 Å². The SMILES string of the molecule is CCn1cc2cc(NC(=O)OCc3sc(-c4ccccc4OC)nc3C)ccc2n1. The Morgan fingerprint density at radius 1 is 1.23 bits per heavy atom. The van der Waals surface area contributed by atoms with Gasteiger partial charge < -0.3 is 9.47 Å². The molecule has 0 radical (unpaired) electrons. The molecule has 7 nitrogen and oxygen atoms in total. The van der Waals surface area contributed by atoms with Crippen LogP contribution in [0.3, 0.4) is 0 Å². The zero-order valence-corrected chi connectivity index (χ0v) is 17.8. The number of aromatic nitrogens is 3. The molecule has 0 saturated carbocycles. The quantitative estimate of drug-likeness (QED) is 0.459. The molecule has 4 aromatic rings. The lowest BCUT2D eigenvalue weighted by Crippen LogP contribution is -2.13. The summed E-state index contributed by atoms with van der Waals surface area (Å²) in [6.45, 7) is 4.89. The largest absolute Gasteiger partial charge is 0.496 e. The first kappa shape index (κ1) is 19.9. The minimum Gasteiger partial charge on any atom is -0.496 e. The third-order valence-corrected chi connectivity index (χ3v) is 5.85. The van der Waals surface area contributed by atoms with Gasteiger partial charge in [0.05, 0.1) is 28.8 Å². The van der Waals surface area contributed by atoms with Crippen LogP contribution in [0.1, 0.15) is 17.5 Å². The van der Waals surface area contributed by atoms with Crippen LogP contribution in [0.25, 0.3) is 21.5 Å². The molecule has 2 aromatic carbocycles. The van der Waals surface area contributed by atoms with Gasteiger partial charge in [-0.2, -0.15) is 5.10 Å². The van der Waals surface area contributed by atoms with Crippen LogP contribution < -0.4 is 10.1 Å². The van der Waals surface area contributed by atoms with Crippen molar-refractivity contribution in [1.29, 1.82) is 0 Å². The van der Waals surface area contributed by atoms with E-state index in [2.05, 4.69) is 15.4 Å². The second-order valence-corrected chi connectivity index (χ2v) is 7.77. The Bertz CT molecular complexity index is 1200. The van der Waals surface area contributed by atoms with E-state index in [1.54, 1.807) is 7.11 Å². The van der Waals surface area contributed by atoms with E-state index in [0.29, 0.717) is 5.69 Å². The van der Waals surface area contributed by atoms with Gasteiger partial charge in [-0.05, 0) is 44.2 Å². The van der Waals surface area contributed by atoms with Gasteiger partial charge in [-0.25, -0.2) is 9.78 Å². The van der Waals surface area contributed by atoms with E-state index in [0.717, 1.165) is 44.3 Å². The third-order valence-electron chi connectivity index (χ3n) is 4.69. The van der Waals surface area contributed by atoms with Gasteiger partial charge in [0.2, 0.25) is 0 Å². The van der Waals surface area contributed by atoms with Gasteiger partial charge in [0.15, 0.2) is 0 Å². The van der Waals surface area contributed by atoms with Gasteiger partial charge in [-0.1, -0.05) is 12.1 Å². The van der Waals surface area contributed by atoms with Gasteiger partial charge in [-0.3, -0.25) is 10.00 Å². The highest BCUT2D eigenvalue weighted by Crippen LogP contribution is 2.34. The average Bonchev–Trinajstić information content (AvgIpc) is 3.34. The minimum atomic E-state index is -0.510. The maximum Gasteiger partial charge on any atom is 0.411 e. The molecule has 2 heterocycles. The standard InChI is InChI=1S/C22H22N4O3S/c1-4-26-12-15-11-16(9-10-18(15)25-26)24-22(27)29-13-20-14(2)23-21(30-20)17-7-5-6-8-19(17)28-3/h5-12H,4,13H2,1-3H3,(H,24,27). The van der Waals surface area contributed by atoms with Crippen LogP contribution in [-0.2, 0) is 17.9 Å². The average molecular weight is 423 g/mol. The second-order valence-electron chi connectivity index (χ2n) is 6.69. The molecule has 0 spiro atoms. The Morgan fingerprint density at radius 3 is 2.87 bits per heavy atom. The number of ether oxygens (including phenoxy) is 2. The van der Waals surface area contributed by atoms with Crippen LogP contribution in [-0.4, -0.2) is 28.0 Å². The van der Waals surface area contributed by atoms with Crippen LogP contribution in [0.15, 0.2) is 48.7 Å². The molecule has 8 heteroatoms. The van der Waals surface area contributed by atoms with E-state index in [-0.39, 0.29) is 6.61 Å². The zero-order valence-electron chi connectivity index (χ0n) is 17.0. The summed E-state index contributed by atoms with van der Waals surface area (Å²) in [5, 5.41) is 9.01. The Kier molecular flexibility index (Phi) is 5.67. The number of para-hydroxylation sites is 1. The number of hydrogen-bond donors (Lipinski definition) is 1. The Morgan fingerprint density at radius 2 is 2.07 bits per heavy atom. The fourth-order valence-electron chi connectivity index (χ4n) is 3.10. The summed E-state index contributed by atoms with van der Waals surface area (Å²) < 4.78 is 12.7. The third kappa shape index (κ3) is 4.13. The number of rotatable bonds is 6. The van der Waals surface area contributed by atoms with Crippen molar-refractivity contribution in [3.05, 3.63) is 59.2 Å². The number of aryl methyl sites for hydroxylation is 2. The van der Waals surface area contributed by atoms with Crippen molar-refractivity contribution in [2.45, 2.75) is 27.0 Å². The summed E-state index contributed by atoms with van der Waals surface area (Å²) in [6.07, 6.45) is 1.44. The van der Waals surface area contributed by atoms with Crippen LogP contribution in [0.4, 0.5) is 10.5 Å². The summed E-state index contributed by atoms with van der Waals surface area (Å²) in [6, 6.07) is 13.3. The summed E-state index contributed by atoms with van der Waals surface area (Å²) in [5.41, 5.74) is 3.31. The van der Waals surface area contributed by atoms with E-state index < -0.39 is 6.09 Å². The van der Waals surface area contributed by atoms with Crippen molar-refractivity contribution < 1.29 is 14.3 Å². The molecule has 2 aromatic heterocycles. The number of carbonyl (C=O) groups excluding carboxylic acids is 1. The normalized spacial score (nSPS) is 10.9. The molecule has 0 aliphatic heterocycles. The van der Waals surface area contributed by atoms with E-state index in [4.69, 9.17) is 9.47 Å². The number of fused-ring (bicyclic) bond motifs is 1. The van der Waals surface area contributed by atoms with E-state index in [1.165, 1.54) is 11.3 Å². The number of benzene rings is 2. The Labute approximate surface area is 178 Å². The Hall–Kier alpha value is -3.39. The molecule has 0 atom stereocenters. The Balaban J connectivity index is 1.42. The number of anilines is 1. The summed E-state index contributed by atoms with van der Waals surface area (Å²) >= 11 is 1.49. The van der Waals surface area contributed by atoms with Gasteiger partial charge in [0.1, 0.15) is 17.4 Å². The molecule has 1 N–H and O–H groups in total. The number of thiazole rings is 1. The fraction of sp³-hybridized carbons (Fsp3) is 0.227. The predicted octanol–water partition coefficient (Wildman–Crippen LogP) is 5.25. The van der Waals surface area contributed by atoms with Crippen molar-refractivity contribution in [3.8, 4) is 16.3 Å². The molecule has 0 aliphatic carbocycles. The van der Waals surface area contributed by atoms with Gasteiger partial charge in [-0.15, -0.1) is 11.3 Å². The smallest absolute Gasteiger partial charge is 0.411 e. The predicted molar refractivity (Wildman–Crippen MR) is 118 cm³/mol. The maximum absolute atomic E-state index is 12.3. The minimum absolute atomic E-state index is 0.153. The highest BCUT2D eigenvalue weighted by molar-refractivity contribution is 7.15. The lowest BCUT2D eigenvalue weighted by molar-refractivity contribution is 0.156. The first-order valence-electron chi connectivity index (χ1n) is 9.58. The summed E-state index contributed by atoms with van der Waals surface area (Å²) in [4.78, 5) is 17.8. The number of methoxy groups -OCH3 is 1. The molecule has 0 fully saturated rings. The lowest BCUT2D eigenvalue weighted by Gasteiger charge is -2.06. The van der Waals surface area contributed by atoms with Gasteiger partial charge >= 0.3 is 6.09 Å². The number of amides is 1. The molecule has 0 bridgehead atoms. The maximum atomic E-state index is 12.3. The monoisotopic (exact) mass is 422 g/mol. The first-order chi connectivity index (χ1) is 14.6. The van der Waals surface area contributed by atoms with Crippen LogP contribution in [0.5, 0.6) is 5.75 Å². The van der Waals surface area contributed by atoms with Crippen LogP contribution in [0, 0.1) is 6.92 Å². The molecule has 154 valence electrons. The van der Waals surface area contributed by atoms with Crippen molar-refractivity contribution in [2.24, 2.45) is 0 Å². The van der Waals surface area contributed by atoms with E-state index >= 15 is 0 Å². The highest BCUT2D eigenvalue weighted by atomic mass is 32.1. The molecular formula is C22H22N4O3S. The summed E-state index contributed by atoms with van der Waals surface area (Å²) in [7, 11) is 1.64. The molecular weight excluding hydrogens is 400 g/mol. The van der Waals surface area contributed by atoms with Crippen molar-refractivity contribution in [2.75, 3.05) is 12.4 Å². The number of hydrogen-bond acceptors (Lipinski definition) is 6. The highest BCUT2D eigenvalue weighted by Gasteiger charge is 2.15. The molecule has 4 rings (SSSR count). The van der Waals surface area contributed by atoms with Crippen LogP contribution >= 0.6 is 11.3 Å². The summed E-state index contributed by atoms with van der Waals surface area (Å²) in [5.74, 6) is 0.762. The number of nitrogens with one attached hydrogen (secondary N) is 1. The van der Waals surface area contributed by atoms with Crippen molar-refractivity contribution in [1.82, 2.24) is 14.8 Å². The van der Waals surface area contributed by atoms with Crippen molar-refractivity contribution in [3.63, 3.8) is 0 Å². The van der Waals surface area contributed by atoms with Crippen LogP contribution in [0.2, 0.25) is 0 Å². The zero-order chi connectivity index (χ0) is 21.1. The van der Waals surface area contributed by atoms with E-state index in [9.17, 15) is 4.79 Å². The molecule has 0 unspecified atom stereocenters. The van der Waals surface area contributed by atoms with E-state index in [1.807, 2.05) is 67.2 Å². The molecule has 30 heavy (non-hydrogen) atoms. The number of carbonyl (C=O) groups is 1. The lowest BCUT2D eigenvalue weighted by atomic mass is 10.2. The first-order valence-corrected chi connectivity index (χ1v) is 10.4. The fourth-order valence-corrected chi connectivity index (χ4v) is 4.11. The topological polar surface area (TPSA) is 78.3 Å². The molecule has 0 aliphatic rings. The number of nitrogens with zero attached hydrogens (tertiary/aromatic N) is 3. The second kappa shape index (κ2) is 8.54. The van der Waals surface area contributed by atoms with Gasteiger partial charge in [0.25, 0.3) is 0 Å². The molecule has 1 amide bonds. The molecule has 0 saturated heterocycles. The van der Waals surface area contributed by atoms with Gasteiger partial charge in [0, 0.05) is 23.8 Å².